The number of carbonyl (C=O) groups excluding carboxylic acids is 1. The van der Waals surface area contributed by atoms with Gasteiger partial charge in [-0.15, -0.1) is 0 Å². The molecule has 0 aliphatic heterocycles. The summed E-state index contributed by atoms with van der Waals surface area (Å²) in [6.45, 7) is 5.79. The Morgan fingerprint density at radius 1 is 1.04 bits per heavy atom. The number of Topliss-reactive ketones (excluding diaryl/α,β-unsaturated/α-hetero) is 1. The molecule has 2 aromatic carbocycles. The van der Waals surface area contributed by atoms with Crippen LogP contribution in [0.3, 0.4) is 0 Å². The molecule has 25 heavy (non-hydrogen) atoms. The smallest absolute Gasteiger partial charge is 0.192 e. The SMILES string of the molecule is C/C=C(\C=C(/C)NC(=NC)c1ccccc1)C(=O)c1cccc(C)c1. The third-order valence-electron chi connectivity index (χ3n) is 3.81. The predicted molar refractivity (Wildman–Crippen MR) is 105 cm³/mol. The Labute approximate surface area is 149 Å². The van der Waals surface area contributed by atoms with E-state index in [0.717, 1.165) is 22.7 Å². The molecule has 0 radical (unpaired) electrons. The molecule has 0 spiro atoms. The number of benzene rings is 2. The quantitative estimate of drug-likeness (QED) is 0.284. The Bertz CT molecular complexity index is 830. The molecule has 3 heteroatoms. The summed E-state index contributed by atoms with van der Waals surface area (Å²) < 4.78 is 0. The summed E-state index contributed by atoms with van der Waals surface area (Å²) in [5.41, 5.74) is 4.29. The van der Waals surface area contributed by atoms with E-state index in [2.05, 4.69) is 10.3 Å². The zero-order chi connectivity index (χ0) is 18.2. The lowest BCUT2D eigenvalue weighted by Crippen LogP contribution is -2.23. The van der Waals surface area contributed by atoms with E-state index in [1.807, 2.05) is 87.5 Å². The van der Waals surface area contributed by atoms with Crippen LogP contribution in [0.15, 0.2) is 83.0 Å². The van der Waals surface area contributed by atoms with Crippen molar-refractivity contribution in [1.82, 2.24) is 5.32 Å². The maximum atomic E-state index is 12.7. The Hall–Kier alpha value is -2.94. The van der Waals surface area contributed by atoms with Crippen LogP contribution in [-0.2, 0) is 0 Å². The second-order valence-corrected chi connectivity index (χ2v) is 5.83. The van der Waals surface area contributed by atoms with Gasteiger partial charge in [0.1, 0.15) is 5.84 Å². The van der Waals surface area contributed by atoms with Crippen molar-refractivity contribution in [1.29, 1.82) is 0 Å². The van der Waals surface area contributed by atoms with Crippen LogP contribution in [0.25, 0.3) is 0 Å². The van der Waals surface area contributed by atoms with E-state index >= 15 is 0 Å². The standard InChI is InChI=1S/C22H24N2O/c1-5-18(21(25)20-13-9-10-16(2)14-20)15-17(3)24-22(23-4)19-11-7-6-8-12-19/h5-15H,1-4H3,(H,23,24)/b17-15+,18-5+. The summed E-state index contributed by atoms with van der Waals surface area (Å²) in [5.74, 6) is 0.787. The first-order valence-corrected chi connectivity index (χ1v) is 8.30. The molecule has 0 aromatic heterocycles. The molecule has 0 aliphatic rings. The molecule has 0 bridgehead atoms. The maximum absolute atomic E-state index is 12.7. The van der Waals surface area contributed by atoms with Crippen molar-refractivity contribution in [2.24, 2.45) is 4.99 Å². The highest BCUT2D eigenvalue weighted by Crippen LogP contribution is 2.13. The molecule has 0 unspecified atom stereocenters. The number of carbonyl (C=O) groups is 1. The molecule has 0 amide bonds. The summed E-state index contributed by atoms with van der Waals surface area (Å²) in [6, 6.07) is 17.6. The number of aryl methyl sites for hydroxylation is 1. The number of aliphatic imine (C=N–C) groups is 1. The third kappa shape index (κ3) is 5.01. The number of amidine groups is 1. The molecule has 0 heterocycles. The first-order valence-electron chi connectivity index (χ1n) is 8.30. The molecule has 0 saturated carbocycles. The minimum atomic E-state index is 0.0158. The lowest BCUT2D eigenvalue weighted by atomic mass is 10.0. The van der Waals surface area contributed by atoms with Crippen molar-refractivity contribution in [3.05, 3.63) is 94.7 Å². The fourth-order valence-electron chi connectivity index (χ4n) is 2.54. The molecule has 0 atom stereocenters. The monoisotopic (exact) mass is 332 g/mol. The maximum Gasteiger partial charge on any atom is 0.192 e. The van der Waals surface area contributed by atoms with Gasteiger partial charge in [0.25, 0.3) is 0 Å². The second kappa shape index (κ2) is 8.78. The van der Waals surface area contributed by atoms with Crippen LogP contribution in [0.2, 0.25) is 0 Å². The summed E-state index contributed by atoms with van der Waals surface area (Å²) in [4.78, 5) is 17.0. The molecular formula is C22H24N2O. The van der Waals surface area contributed by atoms with Crippen LogP contribution >= 0.6 is 0 Å². The summed E-state index contributed by atoms with van der Waals surface area (Å²) in [7, 11) is 1.75. The van der Waals surface area contributed by atoms with Gasteiger partial charge in [-0.25, -0.2) is 0 Å². The fraction of sp³-hybridized carbons (Fsp3) is 0.182. The van der Waals surface area contributed by atoms with Crippen molar-refractivity contribution < 1.29 is 4.79 Å². The molecule has 128 valence electrons. The Kier molecular flexibility index (Phi) is 6.47. The molecule has 0 aliphatic carbocycles. The van der Waals surface area contributed by atoms with E-state index < -0.39 is 0 Å². The average Bonchev–Trinajstić information content (AvgIpc) is 2.64. The fourth-order valence-corrected chi connectivity index (χ4v) is 2.54. The van der Waals surface area contributed by atoms with Crippen LogP contribution in [0, 0.1) is 6.92 Å². The highest BCUT2D eigenvalue weighted by atomic mass is 16.1. The molecule has 0 saturated heterocycles. The van der Waals surface area contributed by atoms with E-state index in [4.69, 9.17) is 0 Å². The van der Waals surface area contributed by atoms with Crippen LogP contribution in [0.1, 0.15) is 35.3 Å². The largest absolute Gasteiger partial charge is 0.344 e. The summed E-state index contributed by atoms with van der Waals surface area (Å²) in [6.07, 6.45) is 3.69. The van der Waals surface area contributed by atoms with Gasteiger partial charge in [0.05, 0.1) is 0 Å². The molecule has 1 N–H and O–H groups in total. The molecule has 2 rings (SSSR count). The highest BCUT2D eigenvalue weighted by Gasteiger charge is 2.10. The van der Waals surface area contributed by atoms with Crippen molar-refractivity contribution in [3.63, 3.8) is 0 Å². The number of nitrogens with one attached hydrogen (secondary N) is 1. The topological polar surface area (TPSA) is 41.5 Å². The number of allylic oxidation sites excluding steroid dienone is 4. The first-order chi connectivity index (χ1) is 12.0. The van der Waals surface area contributed by atoms with Crippen molar-refractivity contribution in [2.45, 2.75) is 20.8 Å². The minimum Gasteiger partial charge on any atom is -0.344 e. The lowest BCUT2D eigenvalue weighted by Gasteiger charge is -2.11. The van der Waals surface area contributed by atoms with E-state index in [9.17, 15) is 4.79 Å². The highest BCUT2D eigenvalue weighted by molar-refractivity contribution is 6.10. The van der Waals surface area contributed by atoms with Gasteiger partial charge in [-0.1, -0.05) is 60.2 Å². The van der Waals surface area contributed by atoms with Gasteiger partial charge in [0.15, 0.2) is 5.78 Å². The molecule has 2 aromatic rings. The van der Waals surface area contributed by atoms with Crippen LogP contribution in [0.5, 0.6) is 0 Å². The van der Waals surface area contributed by atoms with Gasteiger partial charge in [-0.05, 0) is 32.9 Å². The summed E-state index contributed by atoms with van der Waals surface area (Å²) in [5, 5.41) is 3.28. The van der Waals surface area contributed by atoms with Crippen molar-refractivity contribution in [2.75, 3.05) is 7.05 Å². The number of hydrogen-bond acceptors (Lipinski definition) is 2. The van der Waals surface area contributed by atoms with Gasteiger partial charge in [0.2, 0.25) is 0 Å². The van der Waals surface area contributed by atoms with Crippen LogP contribution in [0.4, 0.5) is 0 Å². The van der Waals surface area contributed by atoms with E-state index in [1.54, 1.807) is 7.05 Å². The van der Waals surface area contributed by atoms with E-state index in [1.165, 1.54) is 0 Å². The zero-order valence-corrected chi connectivity index (χ0v) is 15.2. The van der Waals surface area contributed by atoms with Crippen LogP contribution in [-0.4, -0.2) is 18.7 Å². The number of rotatable bonds is 5. The van der Waals surface area contributed by atoms with E-state index in [-0.39, 0.29) is 5.78 Å². The normalized spacial score (nSPS) is 12.9. The Balaban J connectivity index is 2.20. The molecular weight excluding hydrogens is 308 g/mol. The Morgan fingerprint density at radius 3 is 2.32 bits per heavy atom. The van der Waals surface area contributed by atoms with Gasteiger partial charge >= 0.3 is 0 Å². The van der Waals surface area contributed by atoms with Gasteiger partial charge in [-0.3, -0.25) is 9.79 Å². The third-order valence-corrected chi connectivity index (χ3v) is 3.81. The van der Waals surface area contributed by atoms with Gasteiger partial charge in [0, 0.05) is 29.4 Å². The predicted octanol–water partition coefficient (Wildman–Crippen LogP) is 4.69. The molecule has 3 nitrogen and oxygen atoms in total. The number of nitrogens with zero attached hydrogens (tertiary/aromatic N) is 1. The number of ketones is 1. The average molecular weight is 332 g/mol. The van der Waals surface area contributed by atoms with Crippen molar-refractivity contribution in [3.8, 4) is 0 Å². The van der Waals surface area contributed by atoms with Crippen molar-refractivity contribution >= 4 is 11.6 Å². The van der Waals surface area contributed by atoms with Crippen LogP contribution < -0.4 is 5.32 Å². The number of hydrogen-bond donors (Lipinski definition) is 1. The zero-order valence-electron chi connectivity index (χ0n) is 15.2. The Morgan fingerprint density at radius 2 is 1.72 bits per heavy atom. The first kappa shape index (κ1) is 18.4. The lowest BCUT2D eigenvalue weighted by molar-refractivity contribution is 0.103. The van der Waals surface area contributed by atoms with Gasteiger partial charge < -0.3 is 5.32 Å². The van der Waals surface area contributed by atoms with Gasteiger partial charge in [-0.2, -0.15) is 0 Å². The molecule has 0 fully saturated rings. The second-order valence-electron chi connectivity index (χ2n) is 5.83. The van der Waals surface area contributed by atoms with E-state index in [0.29, 0.717) is 11.1 Å². The summed E-state index contributed by atoms with van der Waals surface area (Å²) >= 11 is 0. The minimum absolute atomic E-state index is 0.0158.